The van der Waals surface area contributed by atoms with Crippen LogP contribution in [0.3, 0.4) is 0 Å². The van der Waals surface area contributed by atoms with Gasteiger partial charge >= 0.3 is 0 Å². The molecule has 0 spiro atoms. The minimum atomic E-state index is 0.396. The van der Waals surface area contributed by atoms with Gasteiger partial charge in [0.1, 0.15) is 0 Å². The van der Waals surface area contributed by atoms with E-state index in [4.69, 9.17) is 9.26 Å². The Balaban J connectivity index is 2.41. The average Bonchev–Trinajstić information content (AvgIpc) is 2.71. The zero-order valence-corrected chi connectivity index (χ0v) is 6.84. The lowest BCUT2D eigenvalue weighted by Crippen LogP contribution is -1.90. The molecule has 6 heteroatoms. The lowest BCUT2D eigenvalue weighted by Gasteiger charge is -1.96. The molecule has 2 rings (SSSR count). The van der Waals surface area contributed by atoms with Crippen molar-refractivity contribution in [1.29, 1.82) is 0 Å². The maximum absolute atomic E-state index is 4.89. The van der Waals surface area contributed by atoms with Gasteiger partial charge in [-0.15, -0.1) is 5.10 Å². The van der Waals surface area contributed by atoms with E-state index in [-0.39, 0.29) is 0 Å². The third-order valence-electron chi connectivity index (χ3n) is 1.45. The first kappa shape index (κ1) is 7.66. The number of ether oxygens (including phenoxy) is 1. The first-order chi connectivity index (χ1) is 6.40. The van der Waals surface area contributed by atoms with E-state index in [0.29, 0.717) is 17.3 Å². The van der Waals surface area contributed by atoms with Crippen LogP contribution in [0.15, 0.2) is 23.1 Å². The molecule has 0 aliphatic heterocycles. The molecule has 2 heterocycles. The van der Waals surface area contributed by atoms with E-state index in [2.05, 4.69) is 20.3 Å². The van der Waals surface area contributed by atoms with Crippen molar-refractivity contribution in [2.24, 2.45) is 0 Å². The molecule has 0 bridgehead atoms. The lowest BCUT2D eigenvalue weighted by molar-refractivity contribution is 0.391. The van der Waals surface area contributed by atoms with Crippen LogP contribution in [0.4, 0.5) is 0 Å². The highest BCUT2D eigenvalue weighted by molar-refractivity contribution is 5.51. The van der Waals surface area contributed by atoms with Crippen molar-refractivity contribution in [1.82, 2.24) is 20.3 Å². The molecule has 0 fully saturated rings. The van der Waals surface area contributed by atoms with Crippen LogP contribution in [0.1, 0.15) is 0 Å². The number of nitrogens with zero attached hydrogens (tertiary/aromatic N) is 4. The van der Waals surface area contributed by atoms with Gasteiger partial charge < -0.3 is 9.26 Å². The van der Waals surface area contributed by atoms with E-state index in [0.717, 1.165) is 0 Å². The summed E-state index contributed by atoms with van der Waals surface area (Å²) >= 11 is 0. The number of aromatic nitrogens is 4. The Hall–Kier alpha value is -1.98. The Kier molecular flexibility index (Phi) is 1.87. The van der Waals surface area contributed by atoms with Crippen molar-refractivity contribution in [2.75, 3.05) is 7.11 Å². The van der Waals surface area contributed by atoms with Gasteiger partial charge in [-0.1, -0.05) is 5.16 Å². The van der Waals surface area contributed by atoms with Crippen molar-refractivity contribution in [3.63, 3.8) is 0 Å². The number of methoxy groups -OCH3 is 1. The predicted octanol–water partition coefficient (Wildman–Crippen LogP) is 0.535. The molecule has 0 N–H and O–H groups in total. The molecule has 0 aliphatic carbocycles. The first-order valence-electron chi connectivity index (χ1n) is 3.54. The standard InChI is InChI=1S/C7H6N4O2/c1-12-6-2-5(3-9-11-6)7-8-4-10-13-7/h2-4H,1H3. The summed E-state index contributed by atoms with van der Waals surface area (Å²) in [6.45, 7) is 0. The van der Waals surface area contributed by atoms with Crippen LogP contribution < -0.4 is 4.74 Å². The summed E-state index contributed by atoms with van der Waals surface area (Å²) in [6, 6.07) is 1.67. The molecule has 0 saturated carbocycles. The van der Waals surface area contributed by atoms with Crippen molar-refractivity contribution < 1.29 is 9.26 Å². The van der Waals surface area contributed by atoms with Crippen molar-refractivity contribution in [3.8, 4) is 17.3 Å². The predicted molar refractivity (Wildman–Crippen MR) is 41.9 cm³/mol. The number of hydrogen-bond acceptors (Lipinski definition) is 6. The number of hydrogen-bond donors (Lipinski definition) is 0. The van der Waals surface area contributed by atoms with E-state index in [9.17, 15) is 0 Å². The molecule has 13 heavy (non-hydrogen) atoms. The molecule has 2 aromatic rings. The Morgan fingerprint density at radius 3 is 3.08 bits per heavy atom. The molecule has 66 valence electrons. The van der Waals surface area contributed by atoms with Crippen LogP contribution in [0.5, 0.6) is 5.88 Å². The maximum Gasteiger partial charge on any atom is 0.259 e. The molecule has 0 saturated heterocycles. The van der Waals surface area contributed by atoms with Gasteiger partial charge in [0.05, 0.1) is 18.9 Å². The van der Waals surface area contributed by atoms with Crippen LogP contribution in [0, 0.1) is 0 Å². The summed E-state index contributed by atoms with van der Waals surface area (Å²) in [5.74, 6) is 0.809. The quantitative estimate of drug-likeness (QED) is 0.667. The molecular weight excluding hydrogens is 172 g/mol. The van der Waals surface area contributed by atoms with Gasteiger partial charge in [0.25, 0.3) is 5.89 Å². The SMILES string of the molecule is COc1cc(-c2ncno2)cnn1. The first-order valence-corrected chi connectivity index (χ1v) is 3.54. The highest BCUT2D eigenvalue weighted by Crippen LogP contribution is 2.17. The third kappa shape index (κ3) is 1.46. The minimum Gasteiger partial charge on any atom is -0.480 e. The second-order valence-electron chi connectivity index (χ2n) is 2.23. The molecule has 0 radical (unpaired) electrons. The highest BCUT2D eigenvalue weighted by atomic mass is 16.5. The summed E-state index contributed by atoms with van der Waals surface area (Å²) in [4.78, 5) is 3.86. The van der Waals surface area contributed by atoms with Crippen LogP contribution in [-0.2, 0) is 0 Å². The molecule has 0 amide bonds. The fraction of sp³-hybridized carbons (Fsp3) is 0.143. The molecular formula is C7H6N4O2. The molecule has 6 nitrogen and oxygen atoms in total. The largest absolute Gasteiger partial charge is 0.480 e. The second kappa shape index (κ2) is 3.18. The fourth-order valence-corrected chi connectivity index (χ4v) is 0.864. The van der Waals surface area contributed by atoms with Crippen LogP contribution >= 0.6 is 0 Å². The average molecular weight is 178 g/mol. The molecule has 0 unspecified atom stereocenters. The lowest BCUT2D eigenvalue weighted by atomic mass is 10.3. The van der Waals surface area contributed by atoms with E-state index in [1.165, 1.54) is 19.6 Å². The normalized spacial score (nSPS) is 9.92. The summed E-state index contributed by atoms with van der Waals surface area (Å²) in [5.41, 5.74) is 0.685. The maximum atomic E-state index is 4.89. The van der Waals surface area contributed by atoms with E-state index < -0.39 is 0 Å². The Labute approximate surface area is 73.6 Å². The monoisotopic (exact) mass is 178 g/mol. The van der Waals surface area contributed by atoms with Gasteiger partial charge in [-0.2, -0.15) is 10.1 Å². The van der Waals surface area contributed by atoms with Crippen LogP contribution in [0.25, 0.3) is 11.5 Å². The summed E-state index contributed by atoms with van der Waals surface area (Å²) in [6.07, 6.45) is 2.85. The van der Waals surface area contributed by atoms with E-state index in [1.807, 2.05) is 0 Å². The fourth-order valence-electron chi connectivity index (χ4n) is 0.864. The van der Waals surface area contributed by atoms with E-state index >= 15 is 0 Å². The van der Waals surface area contributed by atoms with Gasteiger partial charge in [0.15, 0.2) is 6.33 Å². The molecule has 0 atom stereocenters. The molecule has 0 aliphatic rings. The Bertz CT molecular complexity index is 387. The summed E-state index contributed by atoms with van der Waals surface area (Å²) in [5, 5.41) is 10.9. The van der Waals surface area contributed by atoms with Crippen LogP contribution in [-0.4, -0.2) is 27.4 Å². The minimum absolute atomic E-state index is 0.396. The molecule has 2 aromatic heterocycles. The third-order valence-corrected chi connectivity index (χ3v) is 1.45. The Morgan fingerprint density at radius 2 is 2.38 bits per heavy atom. The van der Waals surface area contributed by atoms with Gasteiger partial charge in [-0.05, 0) is 0 Å². The van der Waals surface area contributed by atoms with Crippen molar-refractivity contribution in [3.05, 3.63) is 18.6 Å². The second-order valence-corrected chi connectivity index (χ2v) is 2.23. The smallest absolute Gasteiger partial charge is 0.259 e. The van der Waals surface area contributed by atoms with Gasteiger partial charge in [-0.25, -0.2) is 0 Å². The van der Waals surface area contributed by atoms with Gasteiger partial charge in [0, 0.05) is 6.07 Å². The van der Waals surface area contributed by atoms with Gasteiger partial charge in [-0.3, -0.25) is 0 Å². The van der Waals surface area contributed by atoms with Crippen molar-refractivity contribution >= 4 is 0 Å². The highest BCUT2D eigenvalue weighted by Gasteiger charge is 2.05. The van der Waals surface area contributed by atoms with Crippen LogP contribution in [0.2, 0.25) is 0 Å². The zero-order valence-electron chi connectivity index (χ0n) is 6.84. The Morgan fingerprint density at radius 1 is 1.46 bits per heavy atom. The topological polar surface area (TPSA) is 73.9 Å². The summed E-state index contributed by atoms with van der Waals surface area (Å²) < 4.78 is 9.72. The van der Waals surface area contributed by atoms with Crippen molar-refractivity contribution in [2.45, 2.75) is 0 Å². The molecule has 0 aromatic carbocycles. The van der Waals surface area contributed by atoms with Gasteiger partial charge in [0.2, 0.25) is 5.88 Å². The number of rotatable bonds is 2. The summed E-state index contributed by atoms with van der Waals surface area (Å²) in [7, 11) is 1.52. The van der Waals surface area contributed by atoms with E-state index in [1.54, 1.807) is 6.07 Å². The zero-order chi connectivity index (χ0) is 9.10.